The molecule has 24 heavy (non-hydrogen) atoms. The zero-order valence-corrected chi connectivity index (χ0v) is 12.5. The van der Waals surface area contributed by atoms with E-state index in [1.807, 2.05) is 48.5 Å². The Labute approximate surface area is 137 Å². The first-order valence-corrected chi connectivity index (χ1v) is 7.50. The number of rotatable bonds is 2. The Kier molecular flexibility index (Phi) is 3.38. The van der Waals surface area contributed by atoms with E-state index in [1.165, 1.54) is 6.07 Å². The molecule has 0 bridgehead atoms. The van der Waals surface area contributed by atoms with Gasteiger partial charge in [-0.05, 0) is 23.3 Å². The van der Waals surface area contributed by atoms with Crippen LogP contribution in [0.4, 0.5) is 8.78 Å². The Morgan fingerprint density at radius 2 is 1.25 bits per heavy atom. The van der Waals surface area contributed by atoms with Gasteiger partial charge in [-0.15, -0.1) is 0 Å². The van der Waals surface area contributed by atoms with Crippen molar-refractivity contribution in [3.05, 3.63) is 95.1 Å². The Morgan fingerprint density at radius 1 is 0.750 bits per heavy atom. The van der Waals surface area contributed by atoms with Crippen molar-refractivity contribution >= 4 is 5.97 Å². The van der Waals surface area contributed by atoms with Crippen LogP contribution in [0.1, 0.15) is 27.6 Å². The zero-order chi connectivity index (χ0) is 16.7. The van der Waals surface area contributed by atoms with Crippen molar-refractivity contribution < 1.29 is 18.3 Å². The molecule has 0 saturated carbocycles. The number of hydrogen-bond donors (Lipinski definition) is 0. The minimum absolute atomic E-state index is 0.667. The second-order valence-electron chi connectivity index (χ2n) is 5.56. The molecule has 0 atom stereocenters. The van der Waals surface area contributed by atoms with E-state index in [4.69, 9.17) is 4.74 Å². The third kappa shape index (κ3) is 2.19. The van der Waals surface area contributed by atoms with Crippen LogP contribution in [0.5, 0.6) is 0 Å². The van der Waals surface area contributed by atoms with Crippen molar-refractivity contribution in [2.45, 2.75) is 6.10 Å². The van der Waals surface area contributed by atoms with E-state index in [9.17, 15) is 13.6 Å². The second-order valence-corrected chi connectivity index (χ2v) is 5.56. The van der Waals surface area contributed by atoms with Gasteiger partial charge in [-0.3, -0.25) is 0 Å². The first-order valence-electron chi connectivity index (χ1n) is 7.50. The van der Waals surface area contributed by atoms with E-state index in [2.05, 4.69) is 0 Å². The second kappa shape index (κ2) is 5.57. The molecule has 1 aliphatic carbocycles. The summed E-state index contributed by atoms with van der Waals surface area (Å²) in [5.74, 6) is -2.87. The normalized spacial score (nSPS) is 12.6. The highest BCUT2D eigenvalue weighted by atomic mass is 19.1. The highest BCUT2D eigenvalue weighted by Gasteiger charge is 2.32. The summed E-state index contributed by atoms with van der Waals surface area (Å²) in [6.07, 6.45) is -0.677. The molecule has 0 amide bonds. The lowest BCUT2D eigenvalue weighted by Gasteiger charge is -2.15. The van der Waals surface area contributed by atoms with Gasteiger partial charge < -0.3 is 4.74 Å². The van der Waals surface area contributed by atoms with Crippen molar-refractivity contribution in [1.82, 2.24) is 0 Å². The smallest absolute Gasteiger partial charge is 0.345 e. The summed E-state index contributed by atoms with van der Waals surface area (Å²) in [5.41, 5.74) is 2.87. The average Bonchev–Trinajstić information content (AvgIpc) is 2.89. The Hall–Kier alpha value is -3.01. The van der Waals surface area contributed by atoms with Crippen LogP contribution in [-0.4, -0.2) is 5.97 Å². The molecule has 0 fully saturated rings. The Balaban J connectivity index is 1.76. The monoisotopic (exact) mass is 322 g/mol. The van der Waals surface area contributed by atoms with Crippen molar-refractivity contribution in [2.24, 2.45) is 0 Å². The van der Waals surface area contributed by atoms with E-state index in [-0.39, 0.29) is 0 Å². The molecule has 0 unspecified atom stereocenters. The molecule has 0 aliphatic heterocycles. The maximum Gasteiger partial charge on any atom is 0.345 e. The molecule has 3 aromatic rings. The van der Waals surface area contributed by atoms with Crippen LogP contribution in [0.25, 0.3) is 11.1 Å². The number of halogens is 2. The van der Waals surface area contributed by atoms with Crippen LogP contribution in [0.2, 0.25) is 0 Å². The average molecular weight is 322 g/mol. The van der Waals surface area contributed by atoms with Gasteiger partial charge in [-0.2, -0.15) is 0 Å². The number of benzene rings is 3. The summed E-state index contributed by atoms with van der Waals surface area (Å²) in [4.78, 5) is 12.4. The first-order chi connectivity index (χ1) is 11.7. The van der Waals surface area contributed by atoms with Crippen LogP contribution in [0.15, 0.2) is 66.7 Å². The Morgan fingerprint density at radius 3 is 1.79 bits per heavy atom. The zero-order valence-electron chi connectivity index (χ0n) is 12.5. The fourth-order valence-corrected chi connectivity index (χ4v) is 3.10. The molecule has 0 saturated heterocycles. The molecule has 0 heterocycles. The number of fused-ring (bicyclic) bond motifs is 3. The lowest BCUT2D eigenvalue weighted by molar-refractivity contribution is 0.0374. The fourth-order valence-electron chi connectivity index (χ4n) is 3.10. The summed E-state index contributed by atoms with van der Waals surface area (Å²) in [5, 5.41) is 0. The van der Waals surface area contributed by atoms with Crippen molar-refractivity contribution in [2.75, 3.05) is 0 Å². The van der Waals surface area contributed by atoms with Crippen molar-refractivity contribution in [3.8, 4) is 11.1 Å². The van der Waals surface area contributed by atoms with Gasteiger partial charge in [0.25, 0.3) is 0 Å². The molecule has 0 spiro atoms. The summed E-state index contributed by atoms with van der Waals surface area (Å²) in [6, 6.07) is 18.3. The van der Waals surface area contributed by atoms with Crippen molar-refractivity contribution in [3.63, 3.8) is 0 Å². The number of carbonyl (C=O) groups is 1. The SMILES string of the molecule is O=C(OC1c2ccccc2-c2ccccc21)c1c(F)cccc1F. The molecule has 0 aromatic heterocycles. The van der Waals surface area contributed by atoms with E-state index in [0.717, 1.165) is 34.4 Å². The molecule has 3 aromatic carbocycles. The van der Waals surface area contributed by atoms with Gasteiger partial charge >= 0.3 is 5.97 Å². The van der Waals surface area contributed by atoms with Crippen LogP contribution in [0, 0.1) is 11.6 Å². The van der Waals surface area contributed by atoms with Crippen molar-refractivity contribution in [1.29, 1.82) is 0 Å². The lowest BCUT2D eigenvalue weighted by Crippen LogP contribution is -2.14. The molecule has 0 N–H and O–H groups in total. The van der Waals surface area contributed by atoms with Crippen LogP contribution in [-0.2, 0) is 4.74 Å². The van der Waals surface area contributed by atoms with Gasteiger partial charge in [0.05, 0.1) is 0 Å². The van der Waals surface area contributed by atoms with E-state index < -0.39 is 29.3 Å². The predicted molar refractivity (Wildman–Crippen MR) is 85.5 cm³/mol. The van der Waals surface area contributed by atoms with Gasteiger partial charge in [0.1, 0.15) is 17.2 Å². The minimum atomic E-state index is -1.01. The third-order valence-electron chi connectivity index (χ3n) is 4.17. The molecule has 118 valence electrons. The largest absolute Gasteiger partial charge is 0.449 e. The van der Waals surface area contributed by atoms with E-state index >= 15 is 0 Å². The molecule has 0 radical (unpaired) electrons. The number of esters is 1. The molecule has 2 nitrogen and oxygen atoms in total. The van der Waals surface area contributed by atoms with Gasteiger partial charge in [-0.25, -0.2) is 13.6 Å². The maximum atomic E-state index is 13.8. The summed E-state index contributed by atoms with van der Waals surface area (Å²) < 4.78 is 33.1. The topological polar surface area (TPSA) is 26.3 Å². The summed E-state index contributed by atoms with van der Waals surface area (Å²) >= 11 is 0. The Bertz CT molecular complexity index is 884. The van der Waals surface area contributed by atoms with Gasteiger partial charge in [-0.1, -0.05) is 54.6 Å². The molecular formula is C20H12F2O2. The lowest BCUT2D eigenvalue weighted by atomic mass is 10.1. The maximum absolute atomic E-state index is 13.8. The number of hydrogen-bond acceptors (Lipinski definition) is 2. The predicted octanol–water partition coefficient (Wildman–Crippen LogP) is 4.89. The minimum Gasteiger partial charge on any atom is -0.449 e. The molecule has 4 heteroatoms. The fraction of sp³-hybridized carbons (Fsp3) is 0.0500. The van der Waals surface area contributed by atoms with E-state index in [0.29, 0.717) is 0 Å². The van der Waals surface area contributed by atoms with Crippen LogP contribution < -0.4 is 0 Å². The highest BCUT2D eigenvalue weighted by molar-refractivity contribution is 5.91. The first kappa shape index (κ1) is 14.6. The number of ether oxygens (including phenoxy) is 1. The highest BCUT2D eigenvalue weighted by Crippen LogP contribution is 2.45. The molecule has 1 aliphatic rings. The van der Waals surface area contributed by atoms with Gasteiger partial charge in [0.15, 0.2) is 6.10 Å². The van der Waals surface area contributed by atoms with Crippen LogP contribution in [0.3, 0.4) is 0 Å². The van der Waals surface area contributed by atoms with Gasteiger partial charge in [0.2, 0.25) is 0 Å². The third-order valence-corrected chi connectivity index (χ3v) is 4.17. The summed E-state index contributed by atoms with van der Waals surface area (Å²) in [6.45, 7) is 0. The molecular weight excluding hydrogens is 310 g/mol. The van der Waals surface area contributed by atoms with Crippen LogP contribution >= 0.6 is 0 Å². The summed E-state index contributed by atoms with van der Waals surface area (Å²) in [7, 11) is 0. The van der Waals surface area contributed by atoms with E-state index in [1.54, 1.807) is 0 Å². The van der Waals surface area contributed by atoms with Gasteiger partial charge in [0, 0.05) is 11.1 Å². The quantitative estimate of drug-likeness (QED) is 0.628. The number of carbonyl (C=O) groups excluding carboxylic acids is 1. The standard InChI is InChI=1S/C20H12F2O2/c21-16-10-5-11-17(22)18(16)20(23)24-19-14-8-3-1-6-12(14)13-7-2-4-9-15(13)19/h1-11,19H. The molecule has 4 rings (SSSR count).